The summed E-state index contributed by atoms with van der Waals surface area (Å²) in [5.41, 5.74) is 2.13. The van der Waals surface area contributed by atoms with E-state index in [4.69, 9.17) is 9.84 Å². The highest BCUT2D eigenvalue weighted by molar-refractivity contribution is 5.87. The molecule has 2 rings (SSSR count). The molecule has 0 unspecified atom stereocenters. The topological polar surface area (TPSA) is 59.4 Å². The fraction of sp³-hybridized carbons (Fsp3) is 0.250. The van der Waals surface area contributed by atoms with Crippen LogP contribution >= 0.6 is 0 Å². The van der Waals surface area contributed by atoms with Gasteiger partial charge in [-0.25, -0.2) is 9.78 Å². The molecule has 0 amide bonds. The van der Waals surface area contributed by atoms with Crippen molar-refractivity contribution < 1.29 is 14.6 Å². The summed E-state index contributed by atoms with van der Waals surface area (Å²) in [5.74, 6) is 0.137. The molecule has 0 saturated carbocycles. The summed E-state index contributed by atoms with van der Waals surface area (Å²) < 4.78 is 5.67. The molecule has 1 N–H and O–H groups in total. The number of ether oxygens (including phenoxy) is 1. The van der Waals surface area contributed by atoms with E-state index in [0.29, 0.717) is 17.2 Å². The van der Waals surface area contributed by atoms with E-state index in [1.54, 1.807) is 13.0 Å². The van der Waals surface area contributed by atoms with Crippen LogP contribution in [0, 0.1) is 6.92 Å². The van der Waals surface area contributed by atoms with Gasteiger partial charge in [-0.15, -0.1) is 0 Å². The van der Waals surface area contributed by atoms with E-state index < -0.39 is 5.97 Å². The number of carbonyl (C=O) groups is 1. The molecule has 104 valence electrons. The molecule has 4 heteroatoms. The van der Waals surface area contributed by atoms with Gasteiger partial charge in [0.05, 0.1) is 5.56 Å². The van der Waals surface area contributed by atoms with Crippen LogP contribution in [-0.2, 0) is 6.42 Å². The first-order valence-electron chi connectivity index (χ1n) is 6.57. The van der Waals surface area contributed by atoms with E-state index in [-0.39, 0.29) is 5.56 Å². The van der Waals surface area contributed by atoms with Crippen LogP contribution in [0.4, 0.5) is 0 Å². The van der Waals surface area contributed by atoms with Crippen molar-refractivity contribution in [1.29, 1.82) is 0 Å². The maximum absolute atomic E-state index is 10.8. The fourth-order valence-electron chi connectivity index (χ4n) is 1.91. The Balaban J connectivity index is 2.15. The van der Waals surface area contributed by atoms with E-state index in [1.165, 1.54) is 11.8 Å². The second-order valence-electron chi connectivity index (χ2n) is 4.65. The monoisotopic (exact) mass is 271 g/mol. The number of carboxylic acid groups (broad SMARTS) is 1. The zero-order valence-corrected chi connectivity index (χ0v) is 11.6. The van der Waals surface area contributed by atoms with Crippen molar-refractivity contribution in [2.75, 3.05) is 0 Å². The molecule has 0 aliphatic heterocycles. The number of nitrogens with zero attached hydrogens (tertiary/aromatic N) is 1. The Labute approximate surface area is 118 Å². The van der Waals surface area contributed by atoms with Crippen LogP contribution in [0.2, 0.25) is 0 Å². The molecule has 0 saturated heterocycles. The van der Waals surface area contributed by atoms with E-state index in [2.05, 4.69) is 11.9 Å². The van der Waals surface area contributed by atoms with Crippen LogP contribution in [0.3, 0.4) is 0 Å². The van der Waals surface area contributed by atoms with Crippen molar-refractivity contribution >= 4 is 5.97 Å². The lowest BCUT2D eigenvalue weighted by Gasteiger charge is -2.08. The van der Waals surface area contributed by atoms with Gasteiger partial charge in [0.2, 0.25) is 5.88 Å². The number of aryl methyl sites for hydroxylation is 2. The molecule has 0 atom stereocenters. The number of hydrogen-bond donors (Lipinski definition) is 1. The summed E-state index contributed by atoms with van der Waals surface area (Å²) in [7, 11) is 0. The lowest BCUT2D eigenvalue weighted by atomic mass is 10.1. The van der Waals surface area contributed by atoms with Crippen LogP contribution < -0.4 is 4.74 Å². The fourth-order valence-corrected chi connectivity index (χ4v) is 1.91. The third-order valence-electron chi connectivity index (χ3n) is 2.95. The van der Waals surface area contributed by atoms with Crippen molar-refractivity contribution in [3.05, 3.63) is 53.2 Å². The van der Waals surface area contributed by atoms with Crippen LogP contribution in [0.25, 0.3) is 0 Å². The van der Waals surface area contributed by atoms with Gasteiger partial charge in [0.1, 0.15) is 5.75 Å². The third-order valence-corrected chi connectivity index (χ3v) is 2.95. The number of aromatic carboxylic acids is 1. The van der Waals surface area contributed by atoms with E-state index in [1.807, 2.05) is 24.3 Å². The van der Waals surface area contributed by atoms with E-state index in [9.17, 15) is 4.79 Å². The molecule has 0 aliphatic rings. The van der Waals surface area contributed by atoms with Gasteiger partial charge in [0.15, 0.2) is 0 Å². The van der Waals surface area contributed by atoms with Gasteiger partial charge in [0, 0.05) is 11.8 Å². The Bertz CT molecular complexity index is 606. The SMILES string of the molecule is CCCc1ccc(Oc2ncc(C(=O)O)cc2C)cc1. The molecule has 1 heterocycles. The normalized spacial score (nSPS) is 10.3. The molecule has 0 fully saturated rings. The minimum absolute atomic E-state index is 0.160. The number of pyridine rings is 1. The maximum atomic E-state index is 10.8. The lowest BCUT2D eigenvalue weighted by molar-refractivity contribution is 0.0696. The number of carboxylic acids is 1. The highest BCUT2D eigenvalue weighted by Gasteiger charge is 2.08. The summed E-state index contributed by atoms with van der Waals surface area (Å²) in [6.07, 6.45) is 3.46. The van der Waals surface area contributed by atoms with Gasteiger partial charge in [-0.2, -0.15) is 0 Å². The number of rotatable bonds is 5. The first-order valence-corrected chi connectivity index (χ1v) is 6.57. The van der Waals surface area contributed by atoms with Crippen molar-refractivity contribution in [2.24, 2.45) is 0 Å². The smallest absolute Gasteiger partial charge is 0.337 e. The standard InChI is InChI=1S/C16H17NO3/c1-3-4-12-5-7-14(8-6-12)20-15-11(2)9-13(10-17-15)16(18)19/h5-10H,3-4H2,1-2H3,(H,18,19). The zero-order valence-electron chi connectivity index (χ0n) is 11.6. The molecular formula is C16H17NO3. The molecule has 0 spiro atoms. The highest BCUT2D eigenvalue weighted by atomic mass is 16.5. The predicted molar refractivity (Wildman–Crippen MR) is 76.4 cm³/mol. The first-order chi connectivity index (χ1) is 9.60. The zero-order chi connectivity index (χ0) is 14.5. The summed E-state index contributed by atoms with van der Waals surface area (Å²) in [6, 6.07) is 9.41. The van der Waals surface area contributed by atoms with Crippen molar-refractivity contribution in [3.8, 4) is 11.6 Å². The summed E-state index contributed by atoms with van der Waals surface area (Å²) in [5, 5.41) is 8.89. The van der Waals surface area contributed by atoms with Crippen LogP contribution in [0.15, 0.2) is 36.5 Å². The molecule has 0 bridgehead atoms. The van der Waals surface area contributed by atoms with Gasteiger partial charge in [-0.1, -0.05) is 25.5 Å². The first kappa shape index (κ1) is 14.1. The average Bonchev–Trinajstić information content (AvgIpc) is 2.43. The van der Waals surface area contributed by atoms with Gasteiger partial charge in [0.25, 0.3) is 0 Å². The summed E-state index contributed by atoms with van der Waals surface area (Å²) >= 11 is 0. The molecular weight excluding hydrogens is 254 g/mol. The summed E-state index contributed by atoms with van der Waals surface area (Å²) in [6.45, 7) is 3.92. The van der Waals surface area contributed by atoms with E-state index >= 15 is 0 Å². The predicted octanol–water partition coefficient (Wildman–Crippen LogP) is 3.83. The van der Waals surface area contributed by atoms with Gasteiger partial charge >= 0.3 is 5.97 Å². The maximum Gasteiger partial charge on any atom is 0.337 e. The Kier molecular flexibility index (Phi) is 4.35. The number of hydrogen-bond acceptors (Lipinski definition) is 3. The molecule has 2 aromatic rings. The second-order valence-corrected chi connectivity index (χ2v) is 4.65. The van der Waals surface area contributed by atoms with Crippen LogP contribution in [-0.4, -0.2) is 16.1 Å². The molecule has 20 heavy (non-hydrogen) atoms. The van der Waals surface area contributed by atoms with Gasteiger partial charge < -0.3 is 9.84 Å². The van der Waals surface area contributed by atoms with Crippen molar-refractivity contribution in [3.63, 3.8) is 0 Å². The molecule has 0 radical (unpaired) electrons. The van der Waals surface area contributed by atoms with Gasteiger partial charge in [-0.3, -0.25) is 0 Å². The Morgan fingerprint density at radius 1 is 1.30 bits per heavy atom. The van der Waals surface area contributed by atoms with Crippen molar-refractivity contribution in [2.45, 2.75) is 26.7 Å². The highest BCUT2D eigenvalue weighted by Crippen LogP contribution is 2.23. The average molecular weight is 271 g/mol. The second kappa shape index (κ2) is 6.19. The Morgan fingerprint density at radius 2 is 2.00 bits per heavy atom. The molecule has 1 aromatic carbocycles. The van der Waals surface area contributed by atoms with Gasteiger partial charge in [-0.05, 0) is 37.1 Å². The molecule has 4 nitrogen and oxygen atoms in total. The quantitative estimate of drug-likeness (QED) is 0.897. The molecule has 0 aliphatic carbocycles. The van der Waals surface area contributed by atoms with E-state index in [0.717, 1.165) is 12.8 Å². The third kappa shape index (κ3) is 3.35. The largest absolute Gasteiger partial charge is 0.478 e. The molecule has 1 aromatic heterocycles. The van der Waals surface area contributed by atoms with Crippen molar-refractivity contribution in [1.82, 2.24) is 4.98 Å². The minimum atomic E-state index is -0.990. The Morgan fingerprint density at radius 3 is 2.55 bits per heavy atom. The lowest BCUT2D eigenvalue weighted by Crippen LogP contribution is -2.00. The summed E-state index contributed by atoms with van der Waals surface area (Å²) in [4.78, 5) is 14.9. The minimum Gasteiger partial charge on any atom is -0.478 e. The van der Waals surface area contributed by atoms with Crippen LogP contribution in [0.5, 0.6) is 11.6 Å². The number of aromatic nitrogens is 1. The van der Waals surface area contributed by atoms with Crippen LogP contribution in [0.1, 0.15) is 34.8 Å². The Hall–Kier alpha value is -2.36. The number of benzene rings is 1.